The van der Waals surface area contributed by atoms with Gasteiger partial charge >= 0.3 is 0 Å². The lowest BCUT2D eigenvalue weighted by atomic mass is 10.1. The molecule has 0 bridgehead atoms. The van der Waals surface area contributed by atoms with Crippen molar-refractivity contribution in [1.29, 1.82) is 0 Å². The van der Waals surface area contributed by atoms with E-state index in [0.717, 1.165) is 15.7 Å². The molecule has 1 atom stereocenters. The maximum absolute atomic E-state index is 13.0. The van der Waals surface area contributed by atoms with Crippen LogP contribution < -0.4 is 4.74 Å². The molecule has 0 spiro atoms. The van der Waals surface area contributed by atoms with E-state index in [-0.39, 0.29) is 10.9 Å². The first-order valence-corrected chi connectivity index (χ1v) is 7.15. The summed E-state index contributed by atoms with van der Waals surface area (Å²) in [6.45, 7) is 5.08. The molecule has 7 heteroatoms. The number of halogens is 3. The van der Waals surface area contributed by atoms with Gasteiger partial charge in [-0.1, -0.05) is 11.6 Å². The monoisotopic (exact) mass is 361 g/mol. The first kappa shape index (κ1) is 15.3. The average Bonchev–Trinajstić information content (AvgIpc) is 2.61. The summed E-state index contributed by atoms with van der Waals surface area (Å²) >= 11 is 9.67. The standard InChI is InChI=1S/C13H14BrClFN3O/c1-6-5-9(14)7(2)17-11(6)12-10(15)13(19(4)18-12)20-8(3)16/h5,8H,1-4H3. The van der Waals surface area contributed by atoms with Crippen molar-refractivity contribution in [3.05, 3.63) is 26.8 Å². The highest BCUT2D eigenvalue weighted by Crippen LogP contribution is 2.36. The number of rotatable bonds is 3. The van der Waals surface area contributed by atoms with Crippen LogP contribution in [0.15, 0.2) is 10.5 Å². The van der Waals surface area contributed by atoms with E-state index in [9.17, 15) is 4.39 Å². The molecule has 0 N–H and O–H groups in total. The lowest BCUT2D eigenvalue weighted by Crippen LogP contribution is -2.07. The lowest BCUT2D eigenvalue weighted by molar-refractivity contribution is 0.0763. The normalized spacial score (nSPS) is 12.6. The van der Waals surface area contributed by atoms with E-state index in [2.05, 4.69) is 26.0 Å². The lowest BCUT2D eigenvalue weighted by Gasteiger charge is -2.07. The number of aryl methyl sites for hydroxylation is 3. The molecule has 0 saturated carbocycles. The van der Waals surface area contributed by atoms with E-state index in [4.69, 9.17) is 16.3 Å². The van der Waals surface area contributed by atoms with Gasteiger partial charge in [0, 0.05) is 18.4 Å². The van der Waals surface area contributed by atoms with Crippen molar-refractivity contribution in [2.24, 2.45) is 7.05 Å². The molecule has 0 aliphatic rings. The minimum absolute atomic E-state index is 0.193. The van der Waals surface area contributed by atoms with Gasteiger partial charge in [0.25, 0.3) is 0 Å². The highest BCUT2D eigenvalue weighted by molar-refractivity contribution is 9.10. The molecule has 2 heterocycles. The zero-order valence-corrected chi connectivity index (χ0v) is 13.9. The SMILES string of the molecule is Cc1cc(Br)c(C)nc1-c1nn(C)c(OC(C)F)c1Cl. The largest absolute Gasteiger partial charge is 0.442 e. The fourth-order valence-electron chi connectivity index (χ4n) is 1.83. The molecule has 20 heavy (non-hydrogen) atoms. The Morgan fingerprint density at radius 1 is 1.40 bits per heavy atom. The van der Waals surface area contributed by atoms with Crippen LogP contribution in [0, 0.1) is 13.8 Å². The van der Waals surface area contributed by atoms with Gasteiger partial charge in [-0.3, -0.25) is 0 Å². The molecule has 0 radical (unpaired) electrons. The molecule has 0 amide bonds. The zero-order chi connectivity index (χ0) is 15.0. The Kier molecular flexibility index (Phi) is 4.34. The number of pyridine rings is 1. The van der Waals surface area contributed by atoms with E-state index in [1.165, 1.54) is 11.6 Å². The smallest absolute Gasteiger partial charge is 0.237 e. The summed E-state index contributed by atoms with van der Waals surface area (Å²) in [5.74, 6) is 0.193. The molecule has 0 aliphatic carbocycles. The fraction of sp³-hybridized carbons (Fsp3) is 0.385. The topological polar surface area (TPSA) is 39.9 Å². The van der Waals surface area contributed by atoms with Crippen LogP contribution in [-0.2, 0) is 7.05 Å². The van der Waals surface area contributed by atoms with E-state index < -0.39 is 6.36 Å². The second-order valence-electron chi connectivity index (χ2n) is 4.47. The molecule has 2 aromatic rings. The molecule has 108 valence electrons. The van der Waals surface area contributed by atoms with Crippen LogP contribution in [0.5, 0.6) is 5.88 Å². The Balaban J connectivity index is 2.57. The quantitative estimate of drug-likeness (QED) is 0.821. The first-order valence-electron chi connectivity index (χ1n) is 5.98. The van der Waals surface area contributed by atoms with Crippen molar-refractivity contribution in [3.8, 4) is 17.3 Å². The van der Waals surface area contributed by atoms with Gasteiger partial charge in [0.2, 0.25) is 12.2 Å². The fourth-order valence-corrected chi connectivity index (χ4v) is 2.55. The van der Waals surface area contributed by atoms with Crippen LogP contribution in [0.4, 0.5) is 4.39 Å². The second kappa shape index (κ2) is 5.69. The third kappa shape index (κ3) is 2.81. The molecule has 2 aromatic heterocycles. The number of hydrogen-bond acceptors (Lipinski definition) is 3. The molecule has 1 unspecified atom stereocenters. The van der Waals surface area contributed by atoms with Crippen molar-refractivity contribution in [1.82, 2.24) is 14.8 Å². The van der Waals surface area contributed by atoms with Gasteiger partial charge in [-0.05, 0) is 41.4 Å². The Hall–Kier alpha value is -1.14. The minimum Gasteiger partial charge on any atom is -0.442 e. The van der Waals surface area contributed by atoms with Crippen LogP contribution in [0.1, 0.15) is 18.2 Å². The van der Waals surface area contributed by atoms with Gasteiger partial charge in [-0.2, -0.15) is 5.10 Å². The van der Waals surface area contributed by atoms with Crippen LogP contribution in [-0.4, -0.2) is 21.1 Å². The summed E-state index contributed by atoms with van der Waals surface area (Å²) in [6.07, 6.45) is -1.46. The van der Waals surface area contributed by atoms with Gasteiger partial charge in [-0.15, -0.1) is 0 Å². The molecule has 4 nitrogen and oxygen atoms in total. The molecule has 0 aliphatic heterocycles. The summed E-state index contributed by atoms with van der Waals surface area (Å²) in [7, 11) is 1.65. The number of nitrogens with zero attached hydrogens (tertiary/aromatic N) is 3. The Morgan fingerprint density at radius 2 is 2.05 bits per heavy atom. The number of alkyl halides is 1. The van der Waals surface area contributed by atoms with Gasteiger partial charge in [0.1, 0.15) is 10.7 Å². The average molecular weight is 363 g/mol. The van der Waals surface area contributed by atoms with Crippen molar-refractivity contribution in [3.63, 3.8) is 0 Å². The third-order valence-electron chi connectivity index (χ3n) is 2.78. The molecular weight excluding hydrogens is 349 g/mol. The van der Waals surface area contributed by atoms with Crippen molar-refractivity contribution in [2.75, 3.05) is 0 Å². The van der Waals surface area contributed by atoms with Crippen LogP contribution >= 0.6 is 27.5 Å². The highest BCUT2D eigenvalue weighted by Gasteiger charge is 2.21. The Bertz CT molecular complexity index is 658. The van der Waals surface area contributed by atoms with E-state index in [1.54, 1.807) is 7.05 Å². The zero-order valence-electron chi connectivity index (χ0n) is 11.5. The summed E-state index contributed by atoms with van der Waals surface area (Å²) in [5, 5.41) is 4.54. The molecule has 0 aromatic carbocycles. The minimum atomic E-state index is -1.46. The Morgan fingerprint density at radius 3 is 2.65 bits per heavy atom. The maximum Gasteiger partial charge on any atom is 0.237 e. The van der Waals surface area contributed by atoms with Crippen molar-refractivity contribution >= 4 is 27.5 Å². The second-order valence-corrected chi connectivity index (χ2v) is 5.71. The number of aromatic nitrogens is 3. The van der Waals surface area contributed by atoms with Crippen LogP contribution in [0.25, 0.3) is 11.4 Å². The highest BCUT2D eigenvalue weighted by atomic mass is 79.9. The van der Waals surface area contributed by atoms with E-state index in [1.807, 2.05) is 19.9 Å². The van der Waals surface area contributed by atoms with Gasteiger partial charge < -0.3 is 4.74 Å². The maximum atomic E-state index is 13.0. The predicted molar refractivity (Wildman–Crippen MR) is 79.8 cm³/mol. The molecular formula is C13H14BrClFN3O. The van der Waals surface area contributed by atoms with E-state index in [0.29, 0.717) is 11.4 Å². The van der Waals surface area contributed by atoms with Crippen molar-refractivity contribution in [2.45, 2.75) is 27.1 Å². The molecule has 2 rings (SSSR count). The van der Waals surface area contributed by atoms with Crippen LogP contribution in [0.2, 0.25) is 5.02 Å². The van der Waals surface area contributed by atoms with E-state index >= 15 is 0 Å². The third-order valence-corrected chi connectivity index (χ3v) is 3.92. The summed E-state index contributed by atoms with van der Waals surface area (Å²) in [6, 6.07) is 1.95. The van der Waals surface area contributed by atoms with Crippen molar-refractivity contribution < 1.29 is 9.13 Å². The summed E-state index contributed by atoms with van der Waals surface area (Å²) in [4.78, 5) is 4.48. The number of ether oxygens (including phenoxy) is 1. The first-order chi connectivity index (χ1) is 9.31. The van der Waals surface area contributed by atoms with Gasteiger partial charge in [0.15, 0.2) is 0 Å². The molecule has 0 fully saturated rings. The van der Waals surface area contributed by atoms with Crippen LogP contribution in [0.3, 0.4) is 0 Å². The van der Waals surface area contributed by atoms with Gasteiger partial charge in [-0.25, -0.2) is 14.1 Å². The van der Waals surface area contributed by atoms with Gasteiger partial charge in [0.05, 0.1) is 11.4 Å². The number of hydrogen-bond donors (Lipinski definition) is 0. The Labute approximate surface area is 130 Å². The predicted octanol–water partition coefficient (Wildman–Crippen LogP) is 4.21. The molecule has 0 saturated heterocycles. The summed E-state index contributed by atoms with van der Waals surface area (Å²) < 4.78 is 20.4. The summed E-state index contributed by atoms with van der Waals surface area (Å²) in [5.41, 5.74) is 2.89.